The fourth-order valence-electron chi connectivity index (χ4n) is 4.82. The van der Waals surface area contributed by atoms with Crippen LogP contribution in [0.1, 0.15) is 52.7 Å². The molecule has 1 aromatic heterocycles. The molecule has 0 bridgehead atoms. The van der Waals surface area contributed by atoms with Crippen molar-refractivity contribution in [3.05, 3.63) is 52.8 Å². The first-order chi connectivity index (χ1) is 15.5. The van der Waals surface area contributed by atoms with Gasteiger partial charge in [0.2, 0.25) is 5.95 Å². The summed E-state index contributed by atoms with van der Waals surface area (Å²) >= 11 is 0. The van der Waals surface area contributed by atoms with E-state index in [1.807, 2.05) is 0 Å². The molecule has 8 heteroatoms. The number of fused-ring (bicyclic) bond motifs is 1. The van der Waals surface area contributed by atoms with E-state index in [4.69, 9.17) is 0 Å². The molecule has 170 valence electrons. The minimum Gasteiger partial charge on any atom is -0.348 e. The van der Waals surface area contributed by atoms with E-state index in [-0.39, 0.29) is 31.4 Å². The molecule has 32 heavy (non-hydrogen) atoms. The average molecular weight is 442 g/mol. The smallest absolute Gasteiger partial charge is 0.267 e. The van der Waals surface area contributed by atoms with Crippen molar-refractivity contribution < 1.29 is 13.6 Å². The van der Waals surface area contributed by atoms with Crippen LogP contribution < -0.4 is 10.2 Å². The Morgan fingerprint density at radius 2 is 1.84 bits per heavy atom. The number of aromatic nitrogens is 2. The van der Waals surface area contributed by atoms with E-state index >= 15 is 0 Å². The number of nitrogens with zero attached hydrogens (tertiary/aromatic N) is 4. The van der Waals surface area contributed by atoms with Gasteiger partial charge in [-0.2, -0.15) is 0 Å². The summed E-state index contributed by atoms with van der Waals surface area (Å²) in [6, 6.07) is 7.28. The highest BCUT2D eigenvalue weighted by atomic mass is 19.3. The molecule has 3 heterocycles. The van der Waals surface area contributed by atoms with Gasteiger partial charge in [-0.05, 0) is 42.4 Å². The number of alkyl halides is 2. The highest BCUT2D eigenvalue weighted by Gasteiger charge is 2.39. The molecule has 3 aliphatic rings. The molecule has 1 saturated heterocycles. The minimum absolute atomic E-state index is 0.196. The number of carbonyl (C=O) groups is 1. The van der Waals surface area contributed by atoms with Crippen LogP contribution in [0.4, 0.5) is 14.7 Å². The number of anilines is 1. The van der Waals surface area contributed by atoms with Crippen LogP contribution in [0.15, 0.2) is 30.6 Å². The number of rotatable bonds is 5. The Morgan fingerprint density at radius 3 is 2.50 bits per heavy atom. The Morgan fingerprint density at radius 1 is 1.09 bits per heavy atom. The van der Waals surface area contributed by atoms with E-state index in [1.54, 1.807) is 0 Å². The molecule has 2 aliphatic heterocycles. The van der Waals surface area contributed by atoms with Crippen molar-refractivity contribution in [3.63, 3.8) is 0 Å². The predicted molar refractivity (Wildman–Crippen MR) is 118 cm³/mol. The molecule has 1 amide bonds. The van der Waals surface area contributed by atoms with Crippen molar-refractivity contribution in [1.82, 2.24) is 20.2 Å². The molecular formula is C24H29F2N5O. The zero-order valence-electron chi connectivity index (χ0n) is 18.2. The second kappa shape index (κ2) is 8.73. The molecule has 2 fully saturated rings. The molecule has 6 nitrogen and oxygen atoms in total. The van der Waals surface area contributed by atoms with E-state index in [0.717, 1.165) is 37.5 Å². The third-order valence-corrected chi connectivity index (χ3v) is 7.00. The number of benzene rings is 1. The van der Waals surface area contributed by atoms with E-state index in [0.29, 0.717) is 12.1 Å². The fraction of sp³-hybridized carbons (Fsp3) is 0.542. The lowest BCUT2D eigenvalue weighted by Crippen LogP contribution is -2.41. The summed E-state index contributed by atoms with van der Waals surface area (Å²) in [7, 11) is 0. The van der Waals surface area contributed by atoms with E-state index in [9.17, 15) is 13.6 Å². The lowest BCUT2D eigenvalue weighted by atomic mass is 9.91. The summed E-state index contributed by atoms with van der Waals surface area (Å²) in [6.07, 6.45) is 8.79. The summed E-state index contributed by atoms with van der Waals surface area (Å²) in [4.78, 5) is 24.8. The number of hydrogen-bond donors (Lipinski definition) is 1. The topological polar surface area (TPSA) is 61.4 Å². The van der Waals surface area contributed by atoms with Gasteiger partial charge in [-0.15, -0.1) is 0 Å². The van der Waals surface area contributed by atoms with E-state index < -0.39 is 5.92 Å². The van der Waals surface area contributed by atoms with Crippen LogP contribution in [-0.4, -0.2) is 58.9 Å². The van der Waals surface area contributed by atoms with Crippen LogP contribution >= 0.6 is 0 Å². The Labute approximate surface area is 187 Å². The van der Waals surface area contributed by atoms with Gasteiger partial charge in [0.25, 0.3) is 11.8 Å². The molecule has 5 rings (SSSR count). The highest BCUT2D eigenvalue weighted by molar-refractivity contribution is 5.93. The van der Waals surface area contributed by atoms with Crippen LogP contribution in [0.25, 0.3) is 0 Å². The van der Waals surface area contributed by atoms with Crippen molar-refractivity contribution in [1.29, 1.82) is 0 Å². The Balaban J connectivity index is 1.16. The van der Waals surface area contributed by atoms with Crippen molar-refractivity contribution in [2.24, 2.45) is 0 Å². The molecule has 1 aliphatic carbocycles. The zero-order valence-corrected chi connectivity index (χ0v) is 18.2. The zero-order chi connectivity index (χ0) is 22.1. The first kappa shape index (κ1) is 21.2. The quantitative estimate of drug-likeness (QED) is 0.772. The monoisotopic (exact) mass is 441 g/mol. The SMILES string of the molecule is O=C(NCc1ccc2c(c1)CCN(C1CCC1)CC2)c1cnc(N2CCC(F)(F)C2)nc1. The number of amides is 1. The molecule has 0 spiro atoms. The van der Waals surface area contributed by atoms with Gasteiger partial charge in [0, 0.05) is 51.0 Å². The number of hydrogen-bond acceptors (Lipinski definition) is 5. The van der Waals surface area contributed by atoms with Gasteiger partial charge in [-0.25, -0.2) is 18.7 Å². The number of nitrogens with one attached hydrogen (secondary N) is 1. The molecule has 1 saturated carbocycles. The van der Waals surface area contributed by atoms with Gasteiger partial charge < -0.3 is 10.2 Å². The maximum Gasteiger partial charge on any atom is 0.267 e. The lowest BCUT2D eigenvalue weighted by Gasteiger charge is -2.36. The summed E-state index contributed by atoms with van der Waals surface area (Å²) < 4.78 is 26.8. The van der Waals surface area contributed by atoms with Gasteiger partial charge in [0.1, 0.15) is 0 Å². The molecule has 0 unspecified atom stereocenters. The fourth-order valence-corrected chi connectivity index (χ4v) is 4.82. The van der Waals surface area contributed by atoms with Gasteiger partial charge in [-0.1, -0.05) is 24.6 Å². The van der Waals surface area contributed by atoms with E-state index in [2.05, 4.69) is 38.4 Å². The Kier molecular flexibility index (Phi) is 5.80. The van der Waals surface area contributed by atoms with Gasteiger partial charge in [-0.3, -0.25) is 9.69 Å². The van der Waals surface area contributed by atoms with Crippen molar-refractivity contribution in [2.75, 3.05) is 31.1 Å². The van der Waals surface area contributed by atoms with E-state index in [1.165, 1.54) is 47.7 Å². The first-order valence-corrected chi connectivity index (χ1v) is 11.5. The van der Waals surface area contributed by atoms with Crippen LogP contribution in [0.5, 0.6) is 0 Å². The Bertz CT molecular complexity index is 977. The van der Waals surface area contributed by atoms with Gasteiger partial charge in [0.15, 0.2) is 0 Å². The van der Waals surface area contributed by atoms with Crippen molar-refractivity contribution in [3.8, 4) is 0 Å². The van der Waals surface area contributed by atoms with Crippen molar-refractivity contribution in [2.45, 2.75) is 57.0 Å². The minimum atomic E-state index is -2.71. The summed E-state index contributed by atoms with van der Waals surface area (Å²) in [5, 5.41) is 2.92. The van der Waals surface area contributed by atoms with Gasteiger partial charge in [0.05, 0.1) is 12.1 Å². The molecule has 2 aromatic rings. The Hall–Kier alpha value is -2.61. The molecular weight excluding hydrogens is 412 g/mol. The van der Waals surface area contributed by atoms with Gasteiger partial charge >= 0.3 is 0 Å². The maximum atomic E-state index is 13.4. The summed E-state index contributed by atoms with van der Waals surface area (Å²) in [5.41, 5.74) is 4.20. The molecule has 1 aromatic carbocycles. The lowest BCUT2D eigenvalue weighted by molar-refractivity contribution is 0.0256. The first-order valence-electron chi connectivity index (χ1n) is 11.5. The van der Waals surface area contributed by atoms with Crippen LogP contribution in [0, 0.1) is 0 Å². The second-order valence-corrected chi connectivity index (χ2v) is 9.21. The predicted octanol–water partition coefficient (Wildman–Crippen LogP) is 3.21. The summed E-state index contributed by atoms with van der Waals surface area (Å²) in [5.74, 6) is -2.74. The average Bonchev–Trinajstić information content (AvgIpc) is 3.00. The second-order valence-electron chi connectivity index (χ2n) is 9.21. The number of halogens is 2. The maximum absolute atomic E-state index is 13.4. The van der Waals surface area contributed by atoms with Crippen molar-refractivity contribution >= 4 is 11.9 Å². The molecule has 0 radical (unpaired) electrons. The summed E-state index contributed by atoms with van der Waals surface area (Å²) in [6.45, 7) is 2.52. The third-order valence-electron chi connectivity index (χ3n) is 7.00. The number of carbonyl (C=O) groups excluding carboxylic acids is 1. The van der Waals surface area contributed by atoms with Crippen LogP contribution in [-0.2, 0) is 19.4 Å². The van der Waals surface area contributed by atoms with Crippen LogP contribution in [0.2, 0.25) is 0 Å². The largest absolute Gasteiger partial charge is 0.348 e. The highest BCUT2D eigenvalue weighted by Crippen LogP contribution is 2.29. The standard InChI is InChI=1S/C24H29F2N5O/c25-24(26)8-11-31(16-24)23-28-14-20(15-29-23)22(32)27-13-17-4-5-18-6-9-30(21-2-1-3-21)10-7-19(18)12-17/h4-5,12,14-15,21H,1-3,6-11,13,16H2,(H,27,32). The van der Waals surface area contributed by atoms with Crippen LogP contribution in [0.3, 0.4) is 0 Å². The molecule has 1 N–H and O–H groups in total. The third kappa shape index (κ3) is 4.60. The normalized spacial score (nSPS) is 21.0. The molecule has 0 atom stereocenters.